The monoisotopic (exact) mass is 329 g/mol. The van der Waals surface area contributed by atoms with E-state index in [9.17, 15) is 18.0 Å². The van der Waals surface area contributed by atoms with E-state index in [1.807, 2.05) is 19.0 Å². The molecule has 0 unspecified atom stereocenters. The molecule has 0 aliphatic carbocycles. The van der Waals surface area contributed by atoms with E-state index in [2.05, 4.69) is 10.6 Å². The van der Waals surface area contributed by atoms with Crippen LogP contribution in [0.1, 0.15) is 6.42 Å². The largest absolute Gasteiger partial charge is 0.490 e. The second-order valence-corrected chi connectivity index (χ2v) is 4.92. The lowest BCUT2D eigenvalue weighted by Crippen LogP contribution is -2.38. The lowest BCUT2D eigenvalue weighted by atomic mass is 10.2. The summed E-state index contributed by atoms with van der Waals surface area (Å²) in [6, 6.07) is 0.287. The van der Waals surface area contributed by atoms with Gasteiger partial charge < -0.3 is 25.4 Å². The van der Waals surface area contributed by atoms with Gasteiger partial charge in [0.1, 0.15) is 6.61 Å². The van der Waals surface area contributed by atoms with Gasteiger partial charge in [0.15, 0.2) is 0 Å². The summed E-state index contributed by atoms with van der Waals surface area (Å²) < 4.78 is 37.0. The van der Waals surface area contributed by atoms with E-state index in [0.29, 0.717) is 6.61 Å². The molecule has 0 bridgehead atoms. The maximum absolute atomic E-state index is 11.4. The number of carbonyl (C=O) groups is 2. The average Bonchev–Trinajstić information content (AvgIpc) is 2.87. The van der Waals surface area contributed by atoms with Gasteiger partial charge in [0, 0.05) is 19.1 Å². The summed E-state index contributed by atoms with van der Waals surface area (Å²) in [7, 11) is 3.96. The zero-order chi connectivity index (χ0) is 17.2. The zero-order valence-corrected chi connectivity index (χ0v) is 12.6. The number of carbonyl (C=O) groups excluding carboxylic acids is 1. The summed E-state index contributed by atoms with van der Waals surface area (Å²) in [5.41, 5.74) is 0. The number of aliphatic carboxylic acids is 1. The van der Waals surface area contributed by atoms with Crippen LogP contribution in [0.25, 0.3) is 0 Å². The van der Waals surface area contributed by atoms with Crippen LogP contribution >= 0.6 is 0 Å². The molecule has 1 rings (SSSR count). The van der Waals surface area contributed by atoms with E-state index in [0.717, 1.165) is 26.1 Å². The first-order chi connectivity index (χ1) is 10.1. The molecular formula is C12H22F3N3O4. The Hall–Kier alpha value is -1.39. The Balaban J connectivity index is 0.000000534. The second kappa shape index (κ2) is 10.4. The highest BCUT2D eigenvalue weighted by Crippen LogP contribution is 2.13. The molecule has 0 radical (unpaired) electrons. The maximum atomic E-state index is 11.4. The molecule has 1 heterocycles. The molecule has 0 aromatic heterocycles. The third-order valence-electron chi connectivity index (χ3n) is 2.58. The highest BCUT2D eigenvalue weighted by atomic mass is 19.4. The van der Waals surface area contributed by atoms with E-state index >= 15 is 0 Å². The van der Waals surface area contributed by atoms with Crippen LogP contribution < -0.4 is 10.6 Å². The predicted octanol–water partition coefficient (Wildman–Crippen LogP) is -0.324. The molecule has 130 valence electrons. The fourth-order valence-corrected chi connectivity index (χ4v) is 1.46. The minimum absolute atomic E-state index is 0.0116. The van der Waals surface area contributed by atoms with Crippen molar-refractivity contribution in [3.63, 3.8) is 0 Å². The number of alkyl halides is 3. The zero-order valence-electron chi connectivity index (χ0n) is 12.6. The number of likely N-dealkylation sites (N-methyl/N-ethyl adjacent to an activating group) is 1. The highest BCUT2D eigenvalue weighted by Gasteiger charge is 2.38. The van der Waals surface area contributed by atoms with Crippen molar-refractivity contribution in [2.75, 3.05) is 46.9 Å². The Morgan fingerprint density at radius 1 is 1.41 bits per heavy atom. The minimum Gasteiger partial charge on any atom is -0.475 e. The Kier molecular flexibility index (Phi) is 9.70. The number of nitrogens with one attached hydrogen (secondary N) is 2. The van der Waals surface area contributed by atoms with Gasteiger partial charge in [-0.05, 0) is 27.1 Å². The van der Waals surface area contributed by atoms with Gasteiger partial charge in [-0.15, -0.1) is 0 Å². The first-order valence-corrected chi connectivity index (χ1v) is 6.65. The summed E-state index contributed by atoms with van der Waals surface area (Å²) in [5.74, 6) is -2.77. The van der Waals surface area contributed by atoms with Crippen LogP contribution in [0.15, 0.2) is 0 Å². The van der Waals surface area contributed by atoms with Gasteiger partial charge in [0.25, 0.3) is 0 Å². The first kappa shape index (κ1) is 20.6. The average molecular weight is 329 g/mol. The third-order valence-corrected chi connectivity index (χ3v) is 2.58. The van der Waals surface area contributed by atoms with E-state index in [1.54, 1.807) is 0 Å². The van der Waals surface area contributed by atoms with E-state index < -0.39 is 12.1 Å². The number of rotatable bonds is 6. The molecule has 22 heavy (non-hydrogen) atoms. The molecule has 1 atom stereocenters. The highest BCUT2D eigenvalue weighted by molar-refractivity contribution is 5.77. The van der Waals surface area contributed by atoms with Gasteiger partial charge in [-0.25, -0.2) is 4.79 Å². The summed E-state index contributed by atoms with van der Waals surface area (Å²) in [6.07, 6.45) is -4.07. The summed E-state index contributed by atoms with van der Waals surface area (Å²) in [6.45, 7) is 3.49. The molecule has 7 nitrogen and oxygen atoms in total. The summed E-state index contributed by atoms with van der Waals surface area (Å²) in [5, 5.41) is 13.2. The molecule has 0 aromatic carbocycles. The van der Waals surface area contributed by atoms with Crippen LogP contribution in [0.5, 0.6) is 0 Å². The van der Waals surface area contributed by atoms with Crippen molar-refractivity contribution < 1.29 is 32.6 Å². The molecule has 10 heteroatoms. The van der Waals surface area contributed by atoms with Crippen molar-refractivity contribution in [3.8, 4) is 0 Å². The van der Waals surface area contributed by atoms with Gasteiger partial charge in [0.05, 0.1) is 6.61 Å². The van der Waals surface area contributed by atoms with E-state index in [-0.39, 0.29) is 18.6 Å². The third kappa shape index (κ3) is 11.3. The van der Waals surface area contributed by atoms with Crippen molar-refractivity contribution in [2.45, 2.75) is 18.6 Å². The maximum Gasteiger partial charge on any atom is 0.490 e. The molecule has 0 saturated carbocycles. The van der Waals surface area contributed by atoms with E-state index in [4.69, 9.17) is 14.6 Å². The number of carboxylic acid groups (broad SMARTS) is 1. The molecule has 1 aliphatic rings. The van der Waals surface area contributed by atoms with Crippen molar-refractivity contribution in [2.24, 2.45) is 0 Å². The van der Waals surface area contributed by atoms with E-state index in [1.165, 1.54) is 0 Å². The number of amides is 1. The van der Waals surface area contributed by atoms with Gasteiger partial charge >= 0.3 is 12.1 Å². The van der Waals surface area contributed by atoms with Crippen molar-refractivity contribution >= 4 is 11.9 Å². The van der Waals surface area contributed by atoms with Crippen LogP contribution in [0.3, 0.4) is 0 Å². The minimum atomic E-state index is -5.08. The Labute approximate surface area is 126 Å². The van der Waals surface area contributed by atoms with Gasteiger partial charge in [-0.2, -0.15) is 13.2 Å². The predicted molar refractivity (Wildman–Crippen MR) is 72.5 cm³/mol. The number of carboxylic acids is 1. The molecule has 0 aromatic rings. The fraction of sp³-hybridized carbons (Fsp3) is 0.833. The topological polar surface area (TPSA) is 90.9 Å². The van der Waals surface area contributed by atoms with Crippen LogP contribution in [0, 0.1) is 0 Å². The number of ether oxygens (including phenoxy) is 1. The smallest absolute Gasteiger partial charge is 0.475 e. The number of nitrogens with zero attached hydrogens (tertiary/aromatic N) is 1. The van der Waals surface area contributed by atoms with Crippen molar-refractivity contribution in [1.82, 2.24) is 15.5 Å². The van der Waals surface area contributed by atoms with Crippen molar-refractivity contribution in [3.05, 3.63) is 0 Å². The Bertz CT molecular complexity index is 345. The van der Waals surface area contributed by atoms with Crippen LogP contribution in [0.2, 0.25) is 0 Å². The molecule has 1 saturated heterocycles. The first-order valence-electron chi connectivity index (χ1n) is 6.65. The lowest BCUT2D eigenvalue weighted by molar-refractivity contribution is -0.192. The SMILES string of the molecule is CN(C)CCOCC(=O)N[C@H]1CCNC1.O=C(O)C(F)(F)F. The van der Waals surface area contributed by atoms with Crippen LogP contribution in [-0.2, 0) is 14.3 Å². The second-order valence-electron chi connectivity index (χ2n) is 4.92. The van der Waals surface area contributed by atoms with Gasteiger partial charge in [-0.1, -0.05) is 0 Å². The molecule has 0 spiro atoms. The van der Waals surface area contributed by atoms with Gasteiger partial charge in [-0.3, -0.25) is 4.79 Å². The Morgan fingerprint density at radius 3 is 2.41 bits per heavy atom. The number of hydrogen-bond acceptors (Lipinski definition) is 5. The van der Waals surface area contributed by atoms with Gasteiger partial charge in [0.2, 0.25) is 5.91 Å². The van der Waals surface area contributed by atoms with Crippen LogP contribution in [0.4, 0.5) is 13.2 Å². The quantitative estimate of drug-likeness (QED) is 0.579. The van der Waals surface area contributed by atoms with Crippen molar-refractivity contribution in [1.29, 1.82) is 0 Å². The molecule has 1 aliphatic heterocycles. The molecule has 1 fully saturated rings. The number of halogens is 3. The molecule has 3 N–H and O–H groups in total. The molecule has 1 amide bonds. The Morgan fingerprint density at radius 2 is 2.00 bits per heavy atom. The molecular weight excluding hydrogens is 307 g/mol. The standard InChI is InChI=1S/C10H21N3O2.C2HF3O2/c1-13(2)5-6-15-8-10(14)12-9-3-4-11-7-9;3-2(4,5)1(6)7/h9,11H,3-8H2,1-2H3,(H,12,14);(H,6,7)/t9-;/m0./s1. The summed E-state index contributed by atoms with van der Waals surface area (Å²) in [4.78, 5) is 22.3. The summed E-state index contributed by atoms with van der Waals surface area (Å²) >= 11 is 0. The fourth-order valence-electron chi connectivity index (χ4n) is 1.46. The normalized spacial score (nSPS) is 17.8. The lowest BCUT2D eigenvalue weighted by Gasteiger charge is -2.12. The van der Waals surface area contributed by atoms with Crippen LogP contribution in [-0.4, -0.2) is 81.0 Å². The number of hydrogen-bond donors (Lipinski definition) is 3.